The van der Waals surface area contributed by atoms with Gasteiger partial charge in [-0.15, -0.1) is 10.2 Å². The Kier molecular flexibility index (Phi) is 7.56. The lowest BCUT2D eigenvalue weighted by Gasteiger charge is -2.29. The van der Waals surface area contributed by atoms with Gasteiger partial charge in [-0.1, -0.05) is 44.4 Å². The number of anilines is 2. The maximum atomic E-state index is 13.5. The van der Waals surface area contributed by atoms with E-state index in [9.17, 15) is 14.4 Å². The summed E-state index contributed by atoms with van der Waals surface area (Å²) in [7, 11) is 0. The van der Waals surface area contributed by atoms with Gasteiger partial charge in [0.05, 0.1) is 5.75 Å². The number of fused-ring (bicyclic) bond motifs is 1. The molecule has 0 aromatic carbocycles. The number of aromatic amines is 1. The number of nitrogens with two attached hydrogens (primary N) is 1. The van der Waals surface area contributed by atoms with Crippen molar-refractivity contribution in [3.8, 4) is 0 Å². The van der Waals surface area contributed by atoms with E-state index in [0.717, 1.165) is 81.7 Å². The Bertz CT molecular complexity index is 1100. The third kappa shape index (κ3) is 5.02. The fourth-order valence-corrected chi connectivity index (χ4v) is 5.63. The molecule has 3 heterocycles. The van der Waals surface area contributed by atoms with Crippen LogP contribution in [0.25, 0.3) is 0 Å². The first kappa shape index (κ1) is 23.6. The molecule has 1 aliphatic carbocycles. The molecule has 1 saturated carbocycles. The summed E-state index contributed by atoms with van der Waals surface area (Å²) in [5, 5.41) is 9.35. The number of unbranched alkanes of at least 4 members (excludes halogenated alkanes) is 1. The Morgan fingerprint density at radius 2 is 1.97 bits per heavy atom. The van der Waals surface area contributed by atoms with Crippen LogP contribution in [0.5, 0.6) is 0 Å². The van der Waals surface area contributed by atoms with E-state index >= 15 is 0 Å². The standard InChI is InChI=1S/C22H33N7O3S/c1-2-3-12-28-19(23)18(20(31)24-21(28)32)29(15-9-6-7-10-15)17(30)14-33-22-26-25-16-11-5-4-8-13-27(16)22/h15H,2-14,23H2,1H3,(H,24,31,32). The Morgan fingerprint density at radius 3 is 2.73 bits per heavy atom. The number of hydrogen-bond acceptors (Lipinski definition) is 7. The average molecular weight is 476 g/mol. The van der Waals surface area contributed by atoms with Crippen LogP contribution in [0.15, 0.2) is 14.7 Å². The molecule has 1 fully saturated rings. The third-order valence-electron chi connectivity index (χ3n) is 6.55. The summed E-state index contributed by atoms with van der Waals surface area (Å²) in [5.74, 6) is 0.968. The normalized spacial score (nSPS) is 16.5. The number of H-pyrrole nitrogens is 1. The minimum atomic E-state index is -0.605. The number of nitrogens with one attached hydrogen (secondary N) is 1. The Hall–Kier alpha value is -2.56. The smallest absolute Gasteiger partial charge is 0.330 e. The Labute approximate surface area is 196 Å². The molecule has 0 radical (unpaired) electrons. The van der Waals surface area contributed by atoms with E-state index in [-0.39, 0.29) is 29.2 Å². The van der Waals surface area contributed by atoms with E-state index in [2.05, 4.69) is 19.7 Å². The van der Waals surface area contributed by atoms with Gasteiger partial charge in [0.15, 0.2) is 10.8 Å². The second-order valence-corrected chi connectivity index (χ2v) is 9.79. The van der Waals surface area contributed by atoms with Crippen LogP contribution < -0.4 is 21.9 Å². The number of rotatable bonds is 8. The van der Waals surface area contributed by atoms with E-state index in [4.69, 9.17) is 5.73 Å². The molecule has 4 rings (SSSR count). The maximum absolute atomic E-state index is 13.5. The van der Waals surface area contributed by atoms with E-state index < -0.39 is 11.2 Å². The molecule has 2 aromatic heterocycles. The van der Waals surface area contributed by atoms with E-state index in [1.54, 1.807) is 4.90 Å². The van der Waals surface area contributed by atoms with Gasteiger partial charge in [-0.3, -0.25) is 19.1 Å². The molecule has 3 N–H and O–H groups in total. The number of aromatic nitrogens is 5. The monoisotopic (exact) mass is 475 g/mol. The molecular formula is C22H33N7O3S. The summed E-state index contributed by atoms with van der Waals surface area (Å²) < 4.78 is 3.48. The SMILES string of the molecule is CCCCn1c(N)c(N(C(=O)CSc2nnc3n2CCCCC3)C2CCCC2)c(=O)[nH]c1=O. The van der Waals surface area contributed by atoms with Crippen LogP contribution in [-0.4, -0.2) is 42.0 Å². The zero-order valence-corrected chi connectivity index (χ0v) is 20.0. The van der Waals surface area contributed by atoms with Gasteiger partial charge in [-0.25, -0.2) is 4.79 Å². The lowest BCUT2D eigenvalue weighted by Crippen LogP contribution is -2.46. The Balaban J connectivity index is 1.62. The fourth-order valence-electron chi connectivity index (χ4n) is 4.78. The number of carbonyl (C=O) groups excluding carboxylic acids is 1. The summed E-state index contributed by atoms with van der Waals surface area (Å²) in [6, 6.07) is -0.103. The van der Waals surface area contributed by atoms with Gasteiger partial charge in [0.2, 0.25) is 5.91 Å². The number of thioether (sulfide) groups is 1. The van der Waals surface area contributed by atoms with Crippen molar-refractivity contribution in [2.24, 2.45) is 0 Å². The molecule has 0 unspecified atom stereocenters. The Morgan fingerprint density at radius 1 is 1.18 bits per heavy atom. The van der Waals surface area contributed by atoms with Crippen molar-refractivity contribution in [3.63, 3.8) is 0 Å². The number of hydrogen-bond donors (Lipinski definition) is 2. The van der Waals surface area contributed by atoms with Gasteiger partial charge >= 0.3 is 5.69 Å². The van der Waals surface area contributed by atoms with Crippen LogP contribution in [0.2, 0.25) is 0 Å². The lowest BCUT2D eigenvalue weighted by atomic mass is 10.2. The highest BCUT2D eigenvalue weighted by molar-refractivity contribution is 7.99. The molecule has 1 aliphatic heterocycles. The van der Waals surface area contributed by atoms with Crippen LogP contribution in [0, 0.1) is 0 Å². The van der Waals surface area contributed by atoms with Crippen molar-refractivity contribution in [1.82, 2.24) is 24.3 Å². The summed E-state index contributed by atoms with van der Waals surface area (Å²) >= 11 is 1.35. The zero-order valence-electron chi connectivity index (χ0n) is 19.2. The summed E-state index contributed by atoms with van der Waals surface area (Å²) in [6.45, 7) is 3.28. The number of aryl methyl sites for hydroxylation is 1. The topological polar surface area (TPSA) is 132 Å². The number of nitrogen functional groups attached to an aromatic ring is 1. The van der Waals surface area contributed by atoms with Crippen LogP contribution in [0.4, 0.5) is 11.5 Å². The van der Waals surface area contributed by atoms with E-state index in [1.165, 1.54) is 16.3 Å². The second kappa shape index (κ2) is 10.6. The van der Waals surface area contributed by atoms with Crippen molar-refractivity contribution in [3.05, 3.63) is 26.7 Å². The van der Waals surface area contributed by atoms with Gasteiger partial charge in [-0.2, -0.15) is 0 Å². The van der Waals surface area contributed by atoms with Gasteiger partial charge in [-0.05, 0) is 32.1 Å². The predicted molar refractivity (Wildman–Crippen MR) is 129 cm³/mol. The van der Waals surface area contributed by atoms with Crippen molar-refractivity contribution in [2.45, 2.75) is 95.4 Å². The van der Waals surface area contributed by atoms with Crippen LogP contribution in [-0.2, 0) is 24.3 Å². The molecular weight excluding hydrogens is 442 g/mol. The van der Waals surface area contributed by atoms with E-state index in [0.29, 0.717) is 6.54 Å². The van der Waals surface area contributed by atoms with Crippen molar-refractivity contribution >= 4 is 29.2 Å². The minimum absolute atomic E-state index is 0.0683. The molecule has 0 bridgehead atoms. The highest BCUT2D eigenvalue weighted by Gasteiger charge is 2.33. The first-order valence-corrected chi connectivity index (χ1v) is 13.0. The number of nitrogens with zero attached hydrogens (tertiary/aromatic N) is 5. The number of amides is 1. The lowest BCUT2D eigenvalue weighted by molar-refractivity contribution is -0.116. The third-order valence-corrected chi connectivity index (χ3v) is 7.50. The summed E-state index contributed by atoms with van der Waals surface area (Å²) in [6.07, 6.45) is 9.48. The quantitative estimate of drug-likeness (QED) is 0.560. The van der Waals surface area contributed by atoms with Gasteiger partial charge in [0, 0.05) is 25.6 Å². The van der Waals surface area contributed by atoms with Gasteiger partial charge in [0.1, 0.15) is 11.6 Å². The molecule has 33 heavy (non-hydrogen) atoms. The first-order chi connectivity index (χ1) is 16.0. The fraction of sp³-hybridized carbons (Fsp3) is 0.682. The number of carbonyl (C=O) groups is 1. The second-order valence-electron chi connectivity index (χ2n) is 8.85. The summed E-state index contributed by atoms with van der Waals surface area (Å²) in [5.41, 5.74) is 5.31. The van der Waals surface area contributed by atoms with Crippen molar-refractivity contribution in [1.29, 1.82) is 0 Å². The summed E-state index contributed by atoms with van der Waals surface area (Å²) in [4.78, 5) is 42.7. The molecule has 180 valence electrons. The van der Waals surface area contributed by atoms with Gasteiger partial charge in [0.25, 0.3) is 5.56 Å². The largest absolute Gasteiger partial charge is 0.383 e. The van der Waals surface area contributed by atoms with Crippen LogP contribution in [0.3, 0.4) is 0 Å². The molecule has 0 atom stereocenters. The van der Waals surface area contributed by atoms with Gasteiger partial charge < -0.3 is 15.2 Å². The minimum Gasteiger partial charge on any atom is -0.383 e. The maximum Gasteiger partial charge on any atom is 0.330 e. The molecule has 0 saturated heterocycles. The van der Waals surface area contributed by atoms with Crippen molar-refractivity contribution < 1.29 is 4.79 Å². The molecule has 1 amide bonds. The molecule has 11 heteroatoms. The van der Waals surface area contributed by atoms with Crippen molar-refractivity contribution in [2.75, 3.05) is 16.4 Å². The van der Waals surface area contributed by atoms with Crippen LogP contribution >= 0.6 is 11.8 Å². The molecule has 10 nitrogen and oxygen atoms in total. The zero-order chi connectivity index (χ0) is 23.4. The van der Waals surface area contributed by atoms with E-state index in [1.807, 2.05) is 6.92 Å². The molecule has 0 spiro atoms. The average Bonchev–Trinajstić information content (AvgIpc) is 3.39. The first-order valence-electron chi connectivity index (χ1n) is 12.0. The highest BCUT2D eigenvalue weighted by Crippen LogP contribution is 2.31. The molecule has 2 aliphatic rings. The van der Waals surface area contributed by atoms with Crippen LogP contribution in [0.1, 0.15) is 70.5 Å². The molecule has 2 aromatic rings. The predicted octanol–water partition coefficient (Wildman–Crippen LogP) is 2.30. The highest BCUT2D eigenvalue weighted by atomic mass is 32.2.